The first-order chi connectivity index (χ1) is 20.8. The number of aliphatic hydroxyl groups excluding tert-OH is 1. The van der Waals surface area contributed by atoms with E-state index in [9.17, 15) is 27.9 Å². The molecule has 1 saturated heterocycles. The van der Waals surface area contributed by atoms with Crippen LogP contribution in [0.15, 0.2) is 42.6 Å². The molecule has 44 heavy (non-hydrogen) atoms. The van der Waals surface area contributed by atoms with Crippen LogP contribution in [0.5, 0.6) is 5.75 Å². The number of thiophene rings is 1. The van der Waals surface area contributed by atoms with Crippen molar-refractivity contribution in [1.82, 2.24) is 29.3 Å². The summed E-state index contributed by atoms with van der Waals surface area (Å²) in [4.78, 5) is 37.3. The van der Waals surface area contributed by atoms with Gasteiger partial charge in [0.05, 0.1) is 36.5 Å². The van der Waals surface area contributed by atoms with Crippen molar-refractivity contribution in [3.63, 3.8) is 0 Å². The Labute approximate surface area is 256 Å². The topological polar surface area (TPSA) is 104 Å². The van der Waals surface area contributed by atoms with E-state index in [1.54, 1.807) is 49.3 Å². The number of methoxy groups -OCH3 is 1. The van der Waals surface area contributed by atoms with Crippen LogP contribution in [0.1, 0.15) is 49.1 Å². The van der Waals surface area contributed by atoms with Crippen LogP contribution in [0.25, 0.3) is 16.9 Å². The molecule has 10 nitrogen and oxygen atoms in total. The van der Waals surface area contributed by atoms with E-state index >= 15 is 0 Å². The van der Waals surface area contributed by atoms with Gasteiger partial charge in [0.1, 0.15) is 11.3 Å². The molecule has 4 heterocycles. The second-order valence-electron chi connectivity index (χ2n) is 10.9. The molecule has 1 aromatic carbocycles. The maximum Gasteiger partial charge on any atom is 0.433 e. The molecule has 1 N–H and O–H groups in total. The summed E-state index contributed by atoms with van der Waals surface area (Å²) < 4.78 is 48.9. The van der Waals surface area contributed by atoms with Crippen LogP contribution < -0.4 is 4.74 Å². The quantitative estimate of drug-likeness (QED) is 0.324. The normalized spacial score (nSPS) is 16.8. The van der Waals surface area contributed by atoms with Crippen LogP contribution >= 0.6 is 11.3 Å². The Morgan fingerprint density at radius 2 is 1.86 bits per heavy atom. The summed E-state index contributed by atoms with van der Waals surface area (Å²) in [6, 6.07) is 9.37. The number of hydrogen-bond acceptors (Lipinski definition) is 8. The summed E-state index contributed by atoms with van der Waals surface area (Å²) in [5.74, 6) is -0.0579. The van der Waals surface area contributed by atoms with Gasteiger partial charge in [-0.2, -0.15) is 18.3 Å². The van der Waals surface area contributed by atoms with Gasteiger partial charge < -0.3 is 19.6 Å². The Hall–Kier alpha value is -4.01. The third kappa shape index (κ3) is 5.76. The highest BCUT2D eigenvalue weighted by Crippen LogP contribution is 2.37. The van der Waals surface area contributed by atoms with Crippen molar-refractivity contribution >= 4 is 28.8 Å². The number of carbonyl (C=O) groups is 2. The van der Waals surface area contributed by atoms with E-state index in [2.05, 4.69) is 10.1 Å². The standard InChI is InChI=1S/C30H33F3N6O4S/c1-17-15-37(22(16-40)23-10-11-24(44-23)29(42)36(3)4)12-13-38(17)28(41)21-14-34-39-26(30(31,32)33)18(2)25(35-27(21)39)19-6-8-20(43-5)9-7-19/h6-11,14,17,22,40H,12-13,15-16H2,1-5H3/t17-,22-/m1/s1. The summed E-state index contributed by atoms with van der Waals surface area (Å²) >= 11 is 1.32. The zero-order valence-corrected chi connectivity index (χ0v) is 25.7. The number of ether oxygens (including phenoxy) is 1. The zero-order chi connectivity index (χ0) is 31.9. The SMILES string of the molecule is COc1ccc(-c2nc3c(C(=O)N4CCN([C@H](CO)c5ccc(C(=O)N(C)C)s5)C[C@H]4C)cnn3c(C(F)(F)F)c2C)cc1. The second-order valence-corrected chi connectivity index (χ2v) is 12.0. The number of amides is 2. The van der Waals surface area contributed by atoms with Gasteiger partial charge in [0.15, 0.2) is 11.3 Å². The predicted molar refractivity (Wildman–Crippen MR) is 159 cm³/mol. The van der Waals surface area contributed by atoms with E-state index in [1.165, 1.54) is 30.3 Å². The molecule has 2 atom stereocenters. The Morgan fingerprint density at radius 3 is 2.45 bits per heavy atom. The summed E-state index contributed by atoms with van der Waals surface area (Å²) in [5.41, 5.74) is -0.796. The fourth-order valence-corrected chi connectivity index (χ4v) is 6.72. The summed E-state index contributed by atoms with van der Waals surface area (Å²) in [5, 5.41) is 14.2. The lowest BCUT2D eigenvalue weighted by molar-refractivity contribution is -0.143. The highest BCUT2D eigenvalue weighted by atomic mass is 32.1. The minimum atomic E-state index is -4.75. The lowest BCUT2D eigenvalue weighted by atomic mass is 10.0. The summed E-state index contributed by atoms with van der Waals surface area (Å²) in [7, 11) is 4.84. The molecule has 1 aliphatic heterocycles. The van der Waals surface area contributed by atoms with E-state index in [0.29, 0.717) is 33.8 Å². The molecule has 4 aromatic rings. The number of nitrogens with zero attached hydrogens (tertiary/aromatic N) is 6. The van der Waals surface area contributed by atoms with Crippen LogP contribution in [-0.4, -0.2) is 99.7 Å². The first-order valence-corrected chi connectivity index (χ1v) is 14.7. The lowest BCUT2D eigenvalue weighted by Gasteiger charge is -2.42. The molecule has 5 rings (SSSR count). The predicted octanol–water partition coefficient (Wildman–Crippen LogP) is 4.38. The number of alkyl halides is 3. The van der Waals surface area contributed by atoms with Gasteiger partial charge in [0, 0.05) is 55.8 Å². The molecule has 234 valence electrons. The highest BCUT2D eigenvalue weighted by molar-refractivity contribution is 7.14. The number of rotatable bonds is 7. The van der Waals surface area contributed by atoms with Gasteiger partial charge in [0.2, 0.25) is 0 Å². The molecular weight excluding hydrogens is 597 g/mol. The van der Waals surface area contributed by atoms with Crippen molar-refractivity contribution in [3.05, 3.63) is 69.2 Å². The number of aromatic nitrogens is 3. The average Bonchev–Trinajstić information content (AvgIpc) is 3.63. The molecule has 0 unspecified atom stereocenters. The van der Waals surface area contributed by atoms with Crippen molar-refractivity contribution < 1.29 is 32.6 Å². The fourth-order valence-electron chi connectivity index (χ4n) is 5.57. The maximum atomic E-state index is 14.3. The van der Waals surface area contributed by atoms with E-state index in [-0.39, 0.29) is 53.6 Å². The molecule has 1 aliphatic rings. The summed E-state index contributed by atoms with van der Waals surface area (Å²) in [6.07, 6.45) is -3.61. The smallest absolute Gasteiger partial charge is 0.433 e. The van der Waals surface area contributed by atoms with Gasteiger partial charge >= 0.3 is 6.18 Å². The van der Waals surface area contributed by atoms with E-state index in [1.807, 2.05) is 17.9 Å². The van der Waals surface area contributed by atoms with Gasteiger partial charge in [-0.3, -0.25) is 14.5 Å². The number of halogens is 3. The maximum absolute atomic E-state index is 14.3. The first kappa shape index (κ1) is 31.4. The average molecular weight is 631 g/mol. The Morgan fingerprint density at radius 1 is 1.16 bits per heavy atom. The second kappa shape index (κ2) is 12.2. The molecule has 1 fully saturated rings. The van der Waals surface area contributed by atoms with Crippen LogP contribution in [0, 0.1) is 6.92 Å². The van der Waals surface area contributed by atoms with Crippen molar-refractivity contribution in [3.8, 4) is 17.0 Å². The third-order valence-electron chi connectivity index (χ3n) is 7.85. The van der Waals surface area contributed by atoms with E-state index in [0.717, 1.165) is 11.1 Å². The Bertz CT molecular complexity index is 1680. The van der Waals surface area contributed by atoms with Gasteiger partial charge in [-0.1, -0.05) is 0 Å². The molecule has 3 aromatic heterocycles. The number of piperazine rings is 1. The van der Waals surface area contributed by atoms with Gasteiger partial charge in [-0.05, 0) is 50.2 Å². The monoisotopic (exact) mass is 630 g/mol. The Kier molecular flexibility index (Phi) is 8.69. The lowest BCUT2D eigenvalue weighted by Crippen LogP contribution is -2.55. The minimum absolute atomic E-state index is 0.0330. The molecular formula is C30H33F3N6O4S. The van der Waals surface area contributed by atoms with Crippen molar-refractivity contribution in [2.45, 2.75) is 32.1 Å². The number of fused-ring (bicyclic) bond motifs is 1. The third-order valence-corrected chi connectivity index (χ3v) is 9.03. The van der Waals surface area contributed by atoms with Crippen molar-refractivity contribution in [2.75, 3.05) is 47.4 Å². The highest BCUT2D eigenvalue weighted by Gasteiger charge is 2.40. The number of benzene rings is 1. The van der Waals surface area contributed by atoms with Gasteiger partial charge in [-0.25, -0.2) is 9.50 Å². The molecule has 0 aliphatic carbocycles. The number of carbonyl (C=O) groups excluding carboxylic acids is 2. The van der Waals surface area contributed by atoms with Crippen LogP contribution in [-0.2, 0) is 6.18 Å². The zero-order valence-electron chi connectivity index (χ0n) is 24.9. The van der Waals surface area contributed by atoms with Crippen LogP contribution in [0.3, 0.4) is 0 Å². The number of hydrogen-bond donors (Lipinski definition) is 1. The number of aliphatic hydroxyl groups is 1. The largest absolute Gasteiger partial charge is 0.497 e. The summed E-state index contributed by atoms with van der Waals surface area (Å²) in [6.45, 7) is 4.09. The molecule has 0 radical (unpaired) electrons. The first-order valence-electron chi connectivity index (χ1n) is 13.9. The molecule has 0 saturated carbocycles. The van der Waals surface area contributed by atoms with Crippen LogP contribution in [0.4, 0.5) is 13.2 Å². The van der Waals surface area contributed by atoms with E-state index in [4.69, 9.17) is 4.74 Å². The van der Waals surface area contributed by atoms with E-state index < -0.39 is 17.8 Å². The fraction of sp³-hybridized carbons (Fsp3) is 0.400. The van der Waals surface area contributed by atoms with Crippen molar-refractivity contribution in [2.24, 2.45) is 0 Å². The van der Waals surface area contributed by atoms with Gasteiger partial charge in [0.25, 0.3) is 11.8 Å². The minimum Gasteiger partial charge on any atom is -0.497 e. The molecule has 0 spiro atoms. The molecule has 0 bridgehead atoms. The van der Waals surface area contributed by atoms with Crippen molar-refractivity contribution in [1.29, 1.82) is 0 Å². The molecule has 2 amide bonds. The van der Waals surface area contributed by atoms with Gasteiger partial charge in [-0.15, -0.1) is 11.3 Å². The molecule has 14 heteroatoms. The van der Waals surface area contributed by atoms with Crippen LogP contribution in [0.2, 0.25) is 0 Å². The Balaban J connectivity index is 1.44.